The van der Waals surface area contributed by atoms with Crippen molar-refractivity contribution in [2.75, 3.05) is 20.2 Å². The SMILES string of the molecule is COC(CN)CC(=O)NCC(C)(C)c1ccc(F)cc1.Cl. The van der Waals surface area contributed by atoms with Crippen molar-refractivity contribution in [3.63, 3.8) is 0 Å². The molecule has 0 radical (unpaired) electrons. The maximum Gasteiger partial charge on any atom is 0.222 e. The van der Waals surface area contributed by atoms with Crippen LogP contribution in [0.1, 0.15) is 25.8 Å². The highest BCUT2D eigenvalue weighted by molar-refractivity contribution is 5.85. The van der Waals surface area contributed by atoms with E-state index in [1.165, 1.54) is 19.2 Å². The molecule has 4 nitrogen and oxygen atoms in total. The van der Waals surface area contributed by atoms with Crippen LogP contribution >= 0.6 is 12.4 Å². The second-order valence-electron chi connectivity index (χ2n) is 5.47. The van der Waals surface area contributed by atoms with E-state index in [1.807, 2.05) is 13.8 Å². The van der Waals surface area contributed by atoms with Crippen LogP contribution < -0.4 is 11.1 Å². The molecule has 0 aromatic heterocycles. The number of nitrogens with two attached hydrogens (primary N) is 1. The van der Waals surface area contributed by atoms with E-state index in [9.17, 15) is 9.18 Å². The maximum atomic E-state index is 12.9. The molecule has 0 aliphatic carbocycles. The van der Waals surface area contributed by atoms with Crippen molar-refractivity contribution in [2.24, 2.45) is 5.73 Å². The van der Waals surface area contributed by atoms with Crippen molar-refractivity contribution in [3.05, 3.63) is 35.6 Å². The highest BCUT2D eigenvalue weighted by Crippen LogP contribution is 2.22. The molecular formula is C15H24ClFN2O2. The summed E-state index contributed by atoms with van der Waals surface area (Å²) in [5.74, 6) is -0.364. The van der Waals surface area contributed by atoms with Gasteiger partial charge in [0, 0.05) is 25.6 Å². The van der Waals surface area contributed by atoms with Gasteiger partial charge in [0.1, 0.15) is 5.82 Å². The van der Waals surface area contributed by atoms with E-state index >= 15 is 0 Å². The van der Waals surface area contributed by atoms with Gasteiger partial charge in [0.15, 0.2) is 0 Å². The summed E-state index contributed by atoms with van der Waals surface area (Å²) in [5, 5.41) is 2.87. The molecule has 0 bridgehead atoms. The van der Waals surface area contributed by atoms with Gasteiger partial charge in [-0.15, -0.1) is 12.4 Å². The molecular weight excluding hydrogens is 295 g/mol. The Hall–Kier alpha value is -1.17. The van der Waals surface area contributed by atoms with Gasteiger partial charge in [0.2, 0.25) is 5.91 Å². The average Bonchev–Trinajstić information content (AvgIpc) is 2.43. The number of halogens is 2. The van der Waals surface area contributed by atoms with Gasteiger partial charge in [-0.1, -0.05) is 26.0 Å². The Morgan fingerprint density at radius 2 is 1.95 bits per heavy atom. The Balaban J connectivity index is 0.00000400. The predicted octanol–water partition coefficient (Wildman–Crippen LogP) is 2.01. The third kappa shape index (κ3) is 6.42. The molecule has 0 fully saturated rings. The minimum absolute atomic E-state index is 0. The van der Waals surface area contributed by atoms with Crippen LogP contribution in [-0.2, 0) is 14.9 Å². The molecule has 0 aliphatic heterocycles. The van der Waals surface area contributed by atoms with Gasteiger partial charge in [-0.25, -0.2) is 4.39 Å². The van der Waals surface area contributed by atoms with Crippen molar-refractivity contribution in [3.8, 4) is 0 Å². The number of methoxy groups -OCH3 is 1. The van der Waals surface area contributed by atoms with Crippen LogP contribution in [0.2, 0.25) is 0 Å². The van der Waals surface area contributed by atoms with E-state index in [1.54, 1.807) is 12.1 Å². The van der Waals surface area contributed by atoms with Gasteiger partial charge < -0.3 is 15.8 Å². The monoisotopic (exact) mass is 318 g/mol. The molecule has 1 aromatic carbocycles. The lowest BCUT2D eigenvalue weighted by atomic mass is 9.84. The first-order valence-corrected chi connectivity index (χ1v) is 6.64. The zero-order valence-electron chi connectivity index (χ0n) is 12.7. The number of hydrogen-bond acceptors (Lipinski definition) is 3. The number of carbonyl (C=O) groups is 1. The minimum Gasteiger partial charge on any atom is -0.380 e. The lowest BCUT2D eigenvalue weighted by Gasteiger charge is -2.26. The van der Waals surface area contributed by atoms with Crippen LogP contribution in [0.4, 0.5) is 4.39 Å². The van der Waals surface area contributed by atoms with Gasteiger partial charge >= 0.3 is 0 Å². The number of ether oxygens (including phenoxy) is 1. The Bertz CT molecular complexity index is 434. The molecule has 1 amide bonds. The molecule has 6 heteroatoms. The Labute approximate surface area is 131 Å². The lowest BCUT2D eigenvalue weighted by Crippen LogP contribution is -2.39. The second-order valence-corrected chi connectivity index (χ2v) is 5.47. The highest BCUT2D eigenvalue weighted by Gasteiger charge is 2.22. The summed E-state index contributed by atoms with van der Waals surface area (Å²) in [6, 6.07) is 6.32. The number of rotatable bonds is 7. The fraction of sp³-hybridized carbons (Fsp3) is 0.533. The maximum absolute atomic E-state index is 12.9. The normalized spacial score (nSPS) is 12.4. The number of nitrogens with one attached hydrogen (secondary N) is 1. The summed E-state index contributed by atoms with van der Waals surface area (Å²) in [4.78, 5) is 11.8. The standard InChI is InChI=1S/C15H23FN2O2.ClH/c1-15(2,11-4-6-12(16)7-5-11)10-18-14(19)8-13(9-17)20-3;/h4-7,13H,8-10,17H2,1-3H3,(H,18,19);1H. The predicted molar refractivity (Wildman–Crippen MR) is 84.2 cm³/mol. The Kier molecular flexibility index (Phi) is 8.47. The number of carbonyl (C=O) groups excluding carboxylic acids is 1. The van der Waals surface area contributed by atoms with E-state index in [0.29, 0.717) is 13.1 Å². The van der Waals surface area contributed by atoms with Crippen molar-refractivity contribution >= 4 is 18.3 Å². The average molecular weight is 319 g/mol. The van der Waals surface area contributed by atoms with Crippen LogP contribution in [0.15, 0.2) is 24.3 Å². The largest absolute Gasteiger partial charge is 0.380 e. The minimum atomic E-state index is -0.269. The molecule has 21 heavy (non-hydrogen) atoms. The Morgan fingerprint density at radius 1 is 1.38 bits per heavy atom. The summed E-state index contributed by atoms with van der Waals surface area (Å²) in [7, 11) is 1.53. The Morgan fingerprint density at radius 3 is 2.43 bits per heavy atom. The van der Waals surface area contributed by atoms with Gasteiger partial charge in [-0.3, -0.25) is 4.79 Å². The molecule has 1 rings (SSSR count). The van der Waals surface area contributed by atoms with Gasteiger partial charge in [-0.2, -0.15) is 0 Å². The lowest BCUT2D eigenvalue weighted by molar-refractivity contribution is -0.123. The summed E-state index contributed by atoms with van der Waals surface area (Å²) in [6.07, 6.45) is -0.0177. The van der Waals surface area contributed by atoms with Gasteiger partial charge in [-0.05, 0) is 17.7 Å². The smallest absolute Gasteiger partial charge is 0.222 e. The molecule has 0 aliphatic rings. The molecule has 1 aromatic rings. The third-order valence-electron chi connectivity index (χ3n) is 3.36. The van der Waals surface area contributed by atoms with Crippen LogP contribution in [0, 0.1) is 5.82 Å². The third-order valence-corrected chi connectivity index (χ3v) is 3.36. The highest BCUT2D eigenvalue weighted by atomic mass is 35.5. The van der Waals surface area contributed by atoms with Gasteiger partial charge in [0.05, 0.1) is 12.5 Å². The molecule has 1 unspecified atom stereocenters. The number of hydrogen-bond donors (Lipinski definition) is 2. The molecule has 0 saturated carbocycles. The zero-order chi connectivity index (χ0) is 15.2. The van der Waals surface area contributed by atoms with Gasteiger partial charge in [0.25, 0.3) is 0 Å². The first kappa shape index (κ1) is 19.8. The summed E-state index contributed by atoms with van der Waals surface area (Å²) in [5.41, 5.74) is 6.18. The van der Waals surface area contributed by atoms with E-state index < -0.39 is 0 Å². The van der Waals surface area contributed by atoms with E-state index in [4.69, 9.17) is 10.5 Å². The molecule has 0 saturated heterocycles. The van der Waals surface area contributed by atoms with Crippen molar-refractivity contribution in [2.45, 2.75) is 31.8 Å². The van der Waals surface area contributed by atoms with Crippen molar-refractivity contribution < 1.29 is 13.9 Å². The quantitative estimate of drug-likeness (QED) is 0.808. The zero-order valence-corrected chi connectivity index (χ0v) is 13.5. The van der Waals surface area contributed by atoms with Crippen LogP contribution in [0.3, 0.4) is 0 Å². The van der Waals surface area contributed by atoms with Crippen molar-refractivity contribution in [1.82, 2.24) is 5.32 Å². The summed E-state index contributed by atoms with van der Waals surface area (Å²) in [6.45, 7) is 4.78. The molecule has 120 valence electrons. The van der Waals surface area contributed by atoms with E-state index in [0.717, 1.165) is 5.56 Å². The van der Waals surface area contributed by atoms with E-state index in [2.05, 4.69) is 5.32 Å². The fourth-order valence-corrected chi connectivity index (χ4v) is 1.86. The van der Waals surface area contributed by atoms with Crippen molar-refractivity contribution in [1.29, 1.82) is 0 Å². The number of benzene rings is 1. The molecule has 0 heterocycles. The van der Waals surface area contributed by atoms with Crippen LogP contribution in [0.5, 0.6) is 0 Å². The first-order valence-electron chi connectivity index (χ1n) is 6.64. The molecule has 3 N–H and O–H groups in total. The van der Waals surface area contributed by atoms with E-state index in [-0.39, 0.29) is 42.1 Å². The summed E-state index contributed by atoms with van der Waals surface area (Å²) < 4.78 is 18.0. The fourth-order valence-electron chi connectivity index (χ4n) is 1.86. The molecule has 0 spiro atoms. The topological polar surface area (TPSA) is 64.3 Å². The molecule has 1 atom stereocenters. The number of amides is 1. The second kappa shape index (κ2) is 8.97. The van der Waals surface area contributed by atoms with Crippen LogP contribution in [0.25, 0.3) is 0 Å². The summed E-state index contributed by atoms with van der Waals surface area (Å²) >= 11 is 0. The van der Waals surface area contributed by atoms with Crippen LogP contribution in [-0.4, -0.2) is 32.2 Å². The first-order chi connectivity index (χ1) is 9.39.